The quantitative estimate of drug-likeness (QED) is 0.933. The van der Waals surface area contributed by atoms with E-state index in [9.17, 15) is 0 Å². The topological polar surface area (TPSA) is 30.5 Å². The van der Waals surface area contributed by atoms with E-state index in [-0.39, 0.29) is 5.54 Å². The van der Waals surface area contributed by atoms with Crippen LogP contribution in [0.4, 0.5) is 0 Å². The molecule has 2 aromatic rings. The van der Waals surface area contributed by atoms with Crippen molar-refractivity contribution in [2.24, 2.45) is 0 Å². The third kappa shape index (κ3) is 2.49. The van der Waals surface area contributed by atoms with Gasteiger partial charge in [-0.05, 0) is 54.8 Å². The number of hydrogen-bond donors (Lipinski definition) is 1. The summed E-state index contributed by atoms with van der Waals surface area (Å²) in [6.45, 7) is 1.04. The van der Waals surface area contributed by atoms with E-state index in [2.05, 4.69) is 29.6 Å². The zero-order valence-electron chi connectivity index (χ0n) is 12.6. The molecule has 0 saturated carbocycles. The number of ether oxygens (including phenoxy) is 2. The molecule has 21 heavy (non-hydrogen) atoms. The highest BCUT2D eigenvalue weighted by atomic mass is 16.5. The summed E-state index contributed by atoms with van der Waals surface area (Å²) in [5, 5.41) is 3.70. The molecule has 1 saturated heterocycles. The van der Waals surface area contributed by atoms with Crippen molar-refractivity contribution in [1.82, 2.24) is 5.32 Å². The summed E-state index contributed by atoms with van der Waals surface area (Å²) < 4.78 is 10.5. The lowest BCUT2D eigenvalue weighted by Gasteiger charge is -2.31. The van der Waals surface area contributed by atoms with Crippen LogP contribution in [0.2, 0.25) is 0 Å². The molecule has 1 N–H and O–H groups in total. The van der Waals surface area contributed by atoms with E-state index in [1.807, 2.05) is 24.3 Å². The summed E-state index contributed by atoms with van der Waals surface area (Å²) in [6, 6.07) is 16.7. The first-order valence-corrected chi connectivity index (χ1v) is 7.32. The highest BCUT2D eigenvalue weighted by Gasteiger charge is 2.36. The Morgan fingerprint density at radius 1 is 0.810 bits per heavy atom. The van der Waals surface area contributed by atoms with Crippen LogP contribution in [0, 0.1) is 0 Å². The highest BCUT2D eigenvalue weighted by molar-refractivity contribution is 5.43. The fourth-order valence-corrected chi connectivity index (χ4v) is 3.15. The standard InChI is InChI=1S/C18H21NO2/c1-20-16-8-4-14(5-9-16)18(12-3-13-19-18)15-6-10-17(21-2)11-7-15/h4-11,19H,3,12-13H2,1-2H3. The highest BCUT2D eigenvalue weighted by Crippen LogP contribution is 2.38. The molecule has 1 fully saturated rings. The fraction of sp³-hybridized carbons (Fsp3) is 0.333. The van der Waals surface area contributed by atoms with Gasteiger partial charge in [0.05, 0.1) is 19.8 Å². The molecular formula is C18H21NO2. The van der Waals surface area contributed by atoms with Crippen molar-refractivity contribution in [3.63, 3.8) is 0 Å². The summed E-state index contributed by atoms with van der Waals surface area (Å²) in [6.07, 6.45) is 2.28. The second-order valence-corrected chi connectivity index (χ2v) is 5.39. The summed E-state index contributed by atoms with van der Waals surface area (Å²) in [5.41, 5.74) is 2.47. The normalized spacial score (nSPS) is 16.7. The van der Waals surface area contributed by atoms with E-state index in [1.165, 1.54) is 17.5 Å². The van der Waals surface area contributed by atoms with Crippen molar-refractivity contribution < 1.29 is 9.47 Å². The second-order valence-electron chi connectivity index (χ2n) is 5.39. The fourth-order valence-electron chi connectivity index (χ4n) is 3.15. The lowest BCUT2D eigenvalue weighted by molar-refractivity contribution is 0.412. The smallest absolute Gasteiger partial charge is 0.118 e. The largest absolute Gasteiger partial charge is 0.497 e. The minimum atomic E-state index is -0.0987. The summed E-state index contributed by atoms with van der Waals surface area (Å²) >= 11 is 0. The second kappa shape index (κ2) is 5.78. The third-order valence-corrected chi connectivity index (χ3v) is 4.32. The average molecular weight is 283 g/mol. The maximum atomic E-state index is 5.26. The molecule has 0 unspecified atom stereocenters. The minimum Gasteiger partial charge on any atom is -0.497 e. The number of methoxy groups -OCH3 is 2. The Morgan fingerprint density at radius 2 is 1.29 bits per heavy atom. The van der Waals surface area contributed by atoms with Crippen LogP contribution in [-0.4, -0.2) is 20.8 Å². The van der Waals surface area contributed by atoms with Gasteiger partial charge in [-0.2, -0.15) is 0 Å². The van der Waals surface area contributed by atoms with E-state index < -0.39 is 0 Å². The summed E-state index contributed by atoms with van der Waals surface area (Å²) in [4.78, 5) is 0. The van der Waals surface area contributed by atoms with Gasteiger partial charge in [0, 0.05) is 0 Å². The Kier molecular flexibility index (Phi) is 3.84. The van der Waals surface area contributed by atoms with Gasteiger partial charge in [0.2, 0.25) is 0 Å². The van der Waals surface area contributed by atoms with Crippen LogP contribution in [0.5, 0.6) is 11.5 Å². The maximum Gasteiger partial charge on any atom is 0.118 e. The summed E-state index contributed by atoms with van der Waals surface area (Å²) in [5.74, 6) is 1.78. The van der Waals surface area contributed by atoms with Crippen LogP contribution in [0.15, 0.2) is 48.5 Å². The Labute approximate surface area is 125 Å². The van der Waals surface area contributed by atoms with Crippen LogP contribution in [0.1, 0.15) is 24.0 Å². The first-order valence-electron chi connectivity index (χ1n) is 7.32. The Hall–Kier alpha value is -2.00. The molecule has 1 aliphatic heterocycles. The predicted molar refractivity (Wildman–Crippen MR) is 84.0 cm³/mol. The third-order valence-electron chi connectivity index (χ3n) is 4.32. The predicted octanol–water partition coefficient (Wildman–Crippen LogP) is 3.33. The van der Waals surface area contributed by atoms with E-state index in [4.69, 9.17) is 9.47 Å². The van der Waals surface area contributed by atoms with Gasteiger partial charge in [0.25, 0.3) is 0 Å². The van der Waals surface area contributed by atoms with Crippen molar-refractivity contribution in [2.75, 3.05) is 20.8 Å². The molecule has 0 atom stereocenters. The van der Waals surface area contributed by atoms with Crippen molar-refractivity contribution in [2.45, 2.75) is 18.4 Å². The number of rotatable bonds is 4. The Morgan fingerprint density at radius 3 is 1.62 bits per heavy atom. The monoisotopic (exact) mass is 283 g/mol. The van der Waals surface area contributed by atoms with Crippen molar-refractivity contribution in [3.05, 3.63) is 59.7 Å². The molecule has 0 bridgehead atoms. The molecule has 1 aliphatic rings. The maximum absolute atomic E-state index is 5.26. The zero-order chi connectivity index (χ0) is 14.7. The number of benzene rings is 2. The molecule has 0 aliphatic carbocycles. The molecular weight excluding hydrogens is 262 g/mol. The lowest BCUT2D eigenvalue weighted by atomic mass is 9.81. The van der Waals surface area contributed by atoms with Crippen molar-refractivity contribution in [3.8, 4) is 11.5 Å². The molecule has 0 amide bonds. The van der Waals surface area contributed by atoms with Gasteiger partial charge in [-0.25, -0.2) is 0 Å². The lowest BCUT2D eigenvalue weighted by Crippen LogP contribution is -2.37. The molecule has 3 heteroatoms. The molecule has 1 heterocycles. The van der Waals surface area contributed by atoms with Crippen LogP contribution < -0.4 is 14.8 Å². The Bertz CT molecular complexity index is 534. The van der Waals surface area contributed by atoms with Gasteiger partial charge in [-0.1, -0.05) is 24.3 Å². The summed E-state index contributed by atoms with van der Waals surface area (Å²) in [7, 11) is 3.39. The zero-order valence-corrected chi connectivity index (χ0v) is 12.6. The molecule has 0 aromatic heterocycles. The average Bonchev–Trinajstić information content (AvgIpc) is 3.06. The molecule has 110 valence electrons. The van der Waals surface area contributed by atoms with E-state index >= 15 is 0 Å². The first-order chi connectivity index (χ1) is 10.3. The number of hydrogen-bond acceptors (Lipinski definition) is 3. The molecule has 3 rings (SSSR count). The van der Waals surface area contributed by atoms with Gasteiger partial charge in [0.15, 0.2) is 0 Å². The van der Waals surface area contributed by atoms with Gasteiger partial charge in [-0.15, -0.1) is 0 Å². The van der Waals surface area contributed by atoms with Crippen LogP contribution >= 0.6 is 0 Å². The van der Waals surface area contributed by atoms with Crippen molar-refractivity contribution in [1.29, 1.82) is 0 Å². The van der Waals surface area contributed by atoms with Crippen LogP contribution in [-0.2, 0) is 5.54 Å². The van der Waals surface area contributed by atoms with Gasteiger partial charge < -0.3 is 14.8 Å². The van der Waals surface area contributed by atoms with Gasteiger partial charge >= 0.3 is 0 Å². The van der Waals surface area contributed by atoms with E-state index in [0.717, 1.165) is 24.5 Å². The van der Waals surface area contributed by atoms with E-state index in [1.54, 1.807) is 14.2 Å². The molecule has 0 radical (unpaired) electrons. The number of nitrogens with one attached hydrogen (secondary N) is 1. The molecule has 0 spiro atoms. The van der Waals surface area contributed by atoms with Gasteiger partial charge in [0.1, 0.15) is 11.5 Å². The van der Waals surface area contributed by atoms with E-state index in [0.29, 0.717) is 0 Å². The molecule has 2 aromatic carbocycles. The van der Waals surface area contributed by atoms with Gasteiger partial charge in [-0.3, -0.25) is 0 Å². The van der Waals surface area contributed by atoms with Crippen molar-refractivity contribution >= 4 is 0 Å². The SMILES string of the molecule is COc1ccc(C2(c3ccc(OC)cc3)CCCN2)cc1. The van der Waals surface area contributed by atoms with Crippen LogP contribution in [0.25, 0.3) is 0 Å². The van der Waals surface area contributed by atoms with Crippen LogP contribution in [0.3, 0.4) is 0 Å². The first kappa shape index (κ1) is 14.0. The minimum absolute atomic E-state index is 0.0987. The molecule has 3 nitrogen and oxygen atoms in total. The Balaban J connectivity index is 2.01.